The zero-order valence-electron chi connectivity index (χ0n) is 9.89. The number of hydrogen-bond donors (Lipinski definition) is 4. The fourth-order valence-electron chi connectivity index (χ4n) is 0.783. The van der Waals surface area contributed by atoms with E-state index in [2.05, 4.69) is 0 Å². The van der Waals surface area contributed by atoms with Gasteiger partial charge in [-0.15, -0.1) is 0 Å². The summed E-state index contributed by atoms with van der Waals surface area (Å²) in [5.41, 5.74) is 10.4. The third kappa shape index (κ3) is 12.5. The standard InChI is InChI=1S/C6H14N2O2.C4H6O3/c7-4-2-1-3-5(8)6(9)10;1-2-3(5)4(6)7/h5H,1-4,7-8H2,(H,9,10);2H2,1H3,(H,6,7). The average molecular weight is 248 g/mol. The van der Waals surface area contributed by atoms with Crippen LogP contribution in [-0.4, -0.2) is 40.5 Å². The molecule has 0 saturated carbocycles. The van der Waals surface area contributed by atoms with Crippen LogP contribution in [0.15, 0.2) is 0 Å². The van der Waals surface area contributed by atoms with Gasteiger partial charge in [-0.2, -0.15) is 0 Å². The summed E-state index contributed by atoms with van der Waals surface area (Å²) in [7, 11) is 0. The van der Waals surface area contributed by atoms with Crippen molar-refractivity contribution >= 4 is 17.7 Å². The Morgan fingerprint density at radius 3 is 1.94 bits per heavy atom. The van der Waals surface area contributed by atoms with E-state index in [1.807, 2.05) is 0 Å². The fraction of sp³-hybridized carbons (Fsp3) is 0.700. The van der Waals surface area contributed by atoms with Crippen LogP contribution in [0.2, 0.25) is 0 Å². The van der Waals surface area contributed by atoms with Crippen LogP contribution in [0.3, 0.4) is 0 Å². The summed E-state index contributed by atoms with van der Waals surface area (Å²) in [6.07, 6.45) is 2.24. The van der Waals surface area contributed by atoms with Crippen LogP contribution in [-0.2, 0) is 14.4 Å². The molecule has 1 atom stereocenters. The van der Waals surface area contributed by atoms with Gasteiger partial charge in [0.1, 0.15) is 6.04 Å². The number of unbranched alkanes of at least 4 members (excludes halogenated alkanes) is 1. The lowest BCUT2D eigenvalue weighted by molar-refractivity contribution is -0.148. The highest BCUT2D eigenvalue weighted by molar-refractivity contribution is 6.32. The summed E-state index contributed by atoms with van der Waals surface area (Å²) in [6.45, 7) is 2.11. The van der Waals surface area contributed by atoms with E-state index in [1.165, 1.54) is 6.92 Å². The smallest absolute Gasteiger partial charge is 0.372 e. The van der Waals surface area contributed by atoms with Gasteiger partial charge in [0, 0.05) is 6.42 Å². The highest BCUT2D eigenvalue weighted by atomic mass is 16.4. The van der Waals surface area contributed by atoms with Gasteiger partial charge in [-0.1, -0.05) is 13.3 Å². The molecule has 0 amide bonds. The van der Waals surface area contributed by atoms with E-state index in [1.54, 1.807) is 0 Å². The highest BCUT2D eigenvalue weighted by Gasteiger charge is 2.09. The first-order chi connectivity index (χ1) is 7.86. The summed E-state index contributed by atoms with van der Waals surface area (Å²) in [6, 6.07) is -0.716. The number of Topliss-reactive ketones (excluding diaryl/α,β-unsaturated/α-hetero) is 1. The van der Waals surface area contributed by atoms with Crippen LogP contribution in [0.4, 0.5) is 0 Å². The van der Waals surface area contributed by atoms with Gasteiger partial charge >= 0.3 is 11.9 Å². The summed E-state index contributed by atoms with van der Waals surface area (Å²) in [4.78, 5) is 29.6. The summed E-state index contributed by atoms with van der Waals surface area (Å²) in [5, 5.41) is 16.2. The second-order valence-corrected chi connectivity index (χ2v) is 3.31. The van der Waals surface area contributed by atoms with Crippen LogP contribution < -0.4 is 11.5 Å². The number of carbonyl (C=O) groups excluding carboxylic acids is 1. The number of carboxylic acids is 2. The number of ketones is 1. The molecule has 0 radical (unpaired) electrons. The molecule has 7 nitrogen and oxygen atoms in total. The van der Waals surface area contributed by atoms with Crippen molar-refractivity contribution in [2.24, 2.45) is 11.5 Å². The number of rotatable bonds is 7. The maximum atomic E-state index is 10.1. The van der Waals surface area contributed by atoms with Crippen molar-refractivity contribution in [2.45, 2.75) is 38.6 Å². The van der Waals surface area contributed by atoms with Crippen molar-refractivity contribution < 1.29 is 24.6 Å². The molecule has 0 aliphatic carbocycles. The van der Waals surface area contributed by atoms with Gasteiger partial charge in [0.15, 0.2) is 0 Å². The summed E-state index contributed by atoms with van der Waals surface area (Å²) >= 11 is 0. The van der Waals surface area contributed by atoms with Crippen LogP contribution in [0, 0.1) is 0 Å². The Bertz CT molecular complexity index is 255. The van der Waals surface area contributed by atoms with E-state index in [-0.39, 0.29) is 6.42 Å². The maximum absolute atomic E-state index is 10.1. The summed E-state index contributed by atoms with van der Waals surface area (Å²) in [5.74, 6) is -3.01. The molecule has 17 heavy (non-hydrogen) atoms. The maximum Gasteiger partial charge on any atom is 0.372 e. The van der Waals surface area contributed by atoms with Gasteiger partial charge in [0.25, 0.3) is 0 Å². The van der Waals surface area contributed by atoms with Gasteiger partial charge in [-0.25, -0.2) is 4.79 Å². The van der Waals surface area contributed by atoms with Gasteiger partial charge in [-0.05, 0) is 19.4 Å². The van der Waals surface area contributed by atoms with Crippen molar-refractivity contribution in [3.63, 3.8) is 0 Å². The number of carboxylic acid groups (broad SMARTS) is 2. The molecular weight excluding hydrogens is 228 g/mol. The minimum atomic E-state index is -1.34. The van der Waals surface area contributed by atoms with Crippen molar-refractivity contribution in [3.05, 3.63) is 0 Å². The van der Waals surface area contributed by atoms with E-state index < -0.39 is 23.8 Å². The highest BCUT2D eigenvalue weighted by Crippen LogP contribution is 1.96. The van der Waals surface area contributed by atoms with E-state index in [9.17, 15) is 14.4 Å². The van der Waals surface area contributed by atoms with Crippen molar-refractivity contribution in [2.75, 3.05) is 6.54 Å². The predicted octanol–water partition coefficient (Wildman–Crippen LogP) is -0.423. The topological polar surface area (TPSA) is 144 Å². The number of aliphatic carboxylic acids is 2. The Morgan fingerprint density at radius 1 is 1.18 bits per heavy atom. The summed E-state index contributed by atoms with van der Waals surface area (Å²) < 4.78 is 0. The molecule has 0 heterocycles. The molecule has 6 N–H and O–H groups in total. The SMILES string of the molecule is CCC(=O)C(=O)O.NCCCCC(N)C(=O)O. The zero-order chi connectivity index (χ0) is 13.8. The number of carbonyl (C=O) groups is 3. The first kappa shape index (κ1) is 17.9. The molecule has 7 heteroatoms. The number of nitrogens with two attached hydrogens (primary N) is 2. The fourth-order valence-corrected chi connectivity index (χ4v) is 0.783. The lowest BCUT2D eigenvalue weighted by atomic mass is 10.1. The van der Waals surface area contributed by atoms with Gasteiger partial charge in [-0.3, -0.25) is 9.59 Å². The zero-order valence-corrected chi connectivity index (χ0v) is 9.89. The lowest BCUT2D eigenvalue weighted by Gasteiger charge is -2.03. The average Bonchev–Trinajstić information content (AvgIpc) is 2.28. The molecule has 0 bridgehead atoms. The Labute approximate surface area is 99.8 Å². The molecule has 0 rings (SSSR count). The van der Waals surface area contributed by atoms with Crippen molar-refractivity contribution in [1.82, 2.24) is 0 Å². The second kappa shape index (κ2) is 11.0. The van der Waals surface area contributed by atoms with Crippen molar-refractivity contribution in [3.8, 4) is 0 Å². The molecular formula is C10H20N2O5. The van der Waals surface area contributed by atoms with Crippen molar-refractivity contribution in [1.29, 1.82) is 0 Å². The first-order valence-electron chi connectivity index (χ1n) is 5.31. The van der Waals surface area contributed by atoms with Crippen LogP contribution in [0.25, 0.3) is 0 Å². The predicted molar refractivity (Wildman–Crippen MR) is 61.5 cm³/mol. The molecule has 0 aliphatic rings. The minimum absolute atomic E-state index is 0.0787. The Kier molecular flexibility index (Phi) is 11.6. The lowest BCUT2D eigenvalue weighted by Crippen LogP contribution is -2.29. The van der Waals surface area contributed by atoms with Gasteiger partial charge < -0.3 is 21.7 Å². The molecule has 0 fully saturated rings. The third-order valence-electron chi connectivity index (χ3n) is 1.85. The first-order valence-corrected chi connectivity index (χ1v) is 5.31. The van der Waals surface area contributed by atoms with Gasteiger partial charge in [0.05, 0.1) is 0 Å². The Morgan fingerprint density at radius 2 is 1.71 bits per heavy atom. The minimum Gasteiger partial charge on any atom is -0.480 e. The quantitative estimate of drug-likeness (QED) is 0.353. The van der Waals surface area contributed by atoms with E-state index >= 15 is 0 Å². The van der Waals surface area contributed by atoms with E-state index in [0.29, 0.717) is 13.0 Å². The molecule has 0 aromatic carbocycles. The molecule has 1 unspecified atom stereocenters. The third-order valence-corrected chi connectivity index (χ3v) is 1.85. The molecule has 0 spiro atoms. The molecule has 0 aliphatic heterocycles. The largest absolute Gasteiger partial charge is 0.480 e. The molecule has 0 aromatic heterocycles. The molecule has 0 saturated heterocycles. The Balaban J connectivity index is 0. The van der Waals surface area contributed by atoms with Crippen LogP contribution in [0.5, 0.6) is 0 Å². The molecule has 100 valence electrons. The van der Waals surface area contributed by atoms with E-state index in [0.717, 1.165) is 12.8 Å². The van der Waals surface area contributed by atoms with Gasteiger partial charge in [0.2, 0.25) is 5.78 Å². The number of hydrogen-bond acceptors (Lipinski definition) is 5. The molecule has 0 aromatic rings. The normalized spacial score (nSPS) is 11.0. The Hall–Kier alpha value is -1.47. The second-order valence-electron chi connectivity index (χ2n) is 3.31. The van der Waals surface area contributed by atoms with E-state index in [4.69, 9.17) is 21.7 Å². The monoisotopic (exact) mass is 248 g/mol. The van der Waals surface area contributed by atoms with Crippen LogP contribution in [0.1, 0.15) is 32.6 Å². The van der Waals surface area contributed by atoms with Crippen LogP contribution >= 0.6 is 0 Å².